The van der Waals surface area contributed by atoms with Crippen molar-refractivity contribution < 1.29 is 0 Å². The van der Waals surface area contributed by atoms with Crippen LogP contribution < -0.4 is 10.6 Å². The summed E-state index contributed by atoms with van der Waals surface area (Å²) >= 11 is 0. The van der Waals surface area contributed by atoms with Gasteiger partial charge in [0.15, 0.2) is 0 Å². The molecule has 2 N–H and O–H groups in total. The molecule has 0 aliphatic carbocycles. The lowest BCUT2D eigenvalue weighted by atomic mass is 9.87. The van der Waals surface area contributed by atoms with E-state index in [1.807, 2.05) is 12.1 Å². The lowest BCUT2D eigenvalue weighted by Gasteiger charge is -2.27. The lowest BCUT2D eigenvalue weighted by Crippen LogP contribution is -2.10. The van der Waals surface area contributed by atoms with Crippen molar-refractivity contribution in [2.24, 2.45) is 4.99 Å². The molecule has 2 aromatic rings. The lowest BCUT2D eigenvalue weighted by molar-refractivity contribution is 0.912. The highest BCUT2D eigenvalue weighted by atomic mass is 14.9. The van der Waals surface area contributed by atoms with E-state index < -0.39 is 0 Å². The molecule has 0 saturated heterocycles. The van der Waals surface area contributed by atoms with Crippen molar-refractivity contribution in [3.8, 4) is 0 Å². The Balaban J connectivity index is 2.07. The second-order valence-electron chi connectivity index (χ2n) is 4.93. The Hall–Kier alpha value is -2.55. The van der Waals surface area contributed by atoms with Crippen molar-refractivity contribution >= 4 is 29.5 Å². The van der Waals surface area contributed by atoms with Gasteiger partial charge in [0.2, 0.25) is 0 Å². The van der Waals surface area contributed by atoms with Crippen molar-refractivity contribution in [1.82, 2.24) is 0 Å². The second kappa shape index (κ2) is 4.85. The molecule has 1 unspecified atom stereocenters. The fourth-order valence-corrected chi connectivity index (χ4v) is 2.69. The van der Waals surface area contributed by atoms with Gasteiger partial charge in [0.1, 0.15) is 0 Å². The minimum absolute atomic E-state index is 0.359. The molecule has 1 heterocycles. The molecular formula is C17H17N3. The predicted octanol–water partition coefficient (Wildman–Crippen LogP) is 4.78. The fraction of sp³-hybridized carbons (Fsp3) is 0.118. The molecule has 0 radical (unpaired) electrons. The van der Waals surface area contributed by atoms with Crippen molar-refractivity contribution in [2.75, 3.05) is 10.6 Å². The summed E-state index contributed by atoms with van der Waals surface area (Å²) in [6.07, 6.45) is 1.68. The van der Waals surface area contributed by atoms with Gasteiger partial charge in [0, 0.05) is 23.0 Å². The molecule has 1 atom stereocenters. The predicted molar refractivity (Wildman–Crippen MR) is 86.7 cm³/mol. The minimum atomic E-state index is 0.359. The number of anilines is 3. The van der Waals surface area contributed by atoms with Crippen LogP contribution in [0.1, 0.15) is 24.0 Å². The Kier molecular flexibility index (Phi) is 3.03. The Morgan fingerprint density at radius 2 is 1.85 bits per heavy atom. The normalized spacial score (nSPS) is 15.6. The van der Waals surface area contributed by atoms with Crippen LogP contribution in [-0.4, -0.2) is 6.72 Å². The van der Waals surface area contributed by atoms with Gasteiger partial charge in [-0.2, -0.15) is 0 Å². The zero-order chi connectivity index (χ0) is 14.1. The van der Waals surface area contributed by atoms with Crippen molar-refractivity contribution in [3.63, 3.8) is 0 Å². The molecule has 2 aromatic carbocycles. The van der Waals surface area contributed by atoms with Crippen molar-refractivity contribution in [1.29, 1.82) is 0 Å². The second-order valence-corrected chi connectivity index (χ2v) is 4.93. The van der Waals surface area contributed by atoms with Crippen LogP contribution in [0.25, 0.3) is 0 Å². The smallest absolute Gasteiger partial charge is 0.0643 e. The highest BCUT2D eigenvalue weighted by Gasteiger charge is 2.22. The first-order valence-electron chi connectivity index (χ1n) is 6.62. The Morgan fingerprint density at radius 3 is 2.55 bits per heavy atom. The molecule has 3 heteroatoms. The van der Waals surface area contributed by atoms with E-state index in [0.29, 0.717) is 5.92 Å². The first kappa shape index (κ1) is 12.5. The van der Waals surface area contributed by atoms with Crippen LogP contribution in [0.5, 0.6) is 0 Å². The van der Waals surface area contributed by atoms with Gasteiger partial charge in [-0.1, -0.05) is 25.6 Å². The van der Waals surface area contributed by atoms with Gasteiger partial charge < -0.3 is 10.6 Å². The zero-order valence-electron chi connectivity index (χ0n) is 11.5. The molecule has 1 aliphatic rings. The summed E-state index contributed by atoms with van der Waals surface area (Å²) in [5.74, 6) is 0.359. The number of aliphatic imine (C=N–C) groups is 1. The zero-order valence-corrected chi connectivity index (χ0v) is 11.5. The fourth-order valence-electron chi connectivity index (χ4n) is 2.69. The van der Waals surface area contributed by atoms with Crippen LogP contribution in [0.3, 0.4) is 0 Å². The molecular weight excluding hydrogens is 246 g/mol. The number of nitrogens with one attached hydrogen (secondary N) is 2. The van der Waals surface area contributed by atoms with Gasteiger partial charge in [-0.3, -0.25) is 4.99 Å². The molecule has 0 fully saturated rings. The number of nitrogens with zero attached hydrogens (tertiary/aromatic N) is 1. The maximum absolute atomic E-state index is 3.99. The molecule has 3 rings (SSSR count). The number of fused-ring (bicyclic) bond motifs is 2. The number of hydrogen-bond donors (Lipinski definition) is 2. The van der Waals surface area contributed by atoms with E-state index in [0.717, 1.165) is 22.7 Å². The summed E-state index contributed by atoms with van der Waals surface area (Å²) in [5, 5.41) is 6.60. The minimum Gasteiger partial charge on any atom is -0.362 e. The maximum atomic E-state index is 3.99. The van der Waals surface area contributed by atoms with Crippen LogP contribution in [0, 0.1) is 0 Å². The third kappa shape index (κ3) is 1.97. The van der Waals surface area contributed by atoms with Crippen LogP contribution >= 0.6 is 0 Å². The standard InChI is InChI=1S/C17H17N3/c1-4-19-13-6-8-15-11(2)14-7-5-12(18-3)9-16(14)20-17(15)10-13/h4-11,19-20H,1,3H2,2H3. The summed E-state index contributed by atoms with van der Waals surface area (Å²) in [6, 6.07) is 12.5. The van der Waals surface area contributed by atoms with Crippen molar-refractivity contribution in [3.05, 3.63) is 60.3 Å². The van der Waals surface area contributed by atoms with Gasteiger partial charge in [-0.25, -0.2) is 0 Å². The summed E-state index contributed by atoms with van der Waals surface area (Å²) in [5.41, 5.74) is 6.72. The van der Waals surface area contributed by atoms with Gasteiger partial charge in [-0.05, 0) is 48.3 Å². The molecule has 0 amide bonds. The average molecular weight is 263 g/mol. The third-order valence-electron chi connectivity index (χ3n) is 3.74. The van der Waals surface area contributed by atoms with E-state index in [2.05, 4.69) is 60.1 Å². The largest absolute Gasteiger partial charge is 0.362 e. The maximum Gasteiger partial charge on any atom is 0.0643 e. The number of rotatable bonds is 3. The number of hydrogen-bond acceptors (Lipinski definition) is 3. The topological polar surface area (TPSA) is 36.4 Å². The summed E-state index contributed by atoms with van der Waals surface area (Å²) < 4.78 is 0. The van der Waals surface area contributed by atoms with Gasteiger partial charge >= 0.3 is 0 Å². The first-order chi connectivity index (χ1) is 9.72. The monoisotopic (exact) mass is 263 g/mol. The molecule has 0 spiro atoms. The van der Waals surface area contributed by atoms with Crippen LogP contribution in [0.15, 0.2) is 54.2 Å². The van der Waals surface area contributed by atoms with E-state index in [1.165, 1.54) is 11.1 Å². The summed E-state index contributed by atoms with van der Waals surface area (Å²) in [4.78, 5) is 3.99. The third-order valence-corrected chi connectivity index (χ3v) is 3.74. The average Bonchev–Trinajstić information content (AvgIpc) is 2.47. The van der Waals surface area contributed by atoms with Crippen LogP contribution in [0.2, 0.25) is 0 Å². The van der Waals surface area contributed by atoms with E-state index in [-0.39, 0.29) is 0 Å². The first-order valence-corrected chi connectivity index (χ1v) is 6.62. The van der Waals surface area contributed by atoms with E-state index in [1.54, 1.807) is 6.20 Å². The number of benzene rings is 2. The molecule has 100 valence electrons. The van der Waals surface area contributed by atoms with Crippen LogP contribution in [0.4, 0.5) is 22.7 Å². The van der Waals surface area contributed by atoms with Crippen molar-refractivity contribution in [2.45, 2.75) is 12.8 Å². The molecule has 1 aliphatic heterocycles. The van der Waals surface area contributed by atoms with Gasteiger partial charge in [0.25, 0.3) is 0 Å². The molecule has 0 bridgehead atoms. The molecule has 0 saturated carbocycles. The highest BCUT2D eigenvalue weighted by Crippen LogP contribution is 2.43. The highest BCUT2D eigenvalue weighted by molar-refractivity contribution is 5.78. The quantitative estimate of drug-likeness (QED) is 0.782. The van der Waals surface area contributed by atoms with E-state index in [4.69, 9.17) is 0 Å². The summed E-state index contributed by atoms with van der Waals surface area (Å²) in [6.45, 7) is 9.50. The molecule has 3 nitrogen and oxygen atoms in total. The molecule has 0 aromatic heterocycles. The summed E-state index contributed by atoms with van der Waals surface area (Å²) in [7, 11) is 0. The van der Waals surface area contributed by atoms with Gasteiger partial charge in [0.05, 0.1) is 5.69 Å². The van der Waals surface area contributed by atoms with Gasteiger partial charge in [-0.15, -0.1) is 0 Å². The SMILES string of the molecule is C=CNc1ccc2c(c1)Nc1cc(N=C)ccc1C2C. The molecule has 20 heavy (non-hydrogen) atoms. The Bertz CT molecular complexity index is 689. The van der Waals surface area contributed by atoms with Crippen LogP contribution in [-0.2, 0) is 0 Å². The van der Waals surface area contributed by atoms with E-state index >= 15 is 0 Å². The Labute approximate surface area is 119 Å². The Morgan fingerprint density at radius 1 is 1.15 bits per heavy atom. The van der Waals surface area contributed by atoms with E-state index in [9.17, 15) is 0 Å².